The smallest absolute Gasteiger partial charge is 0.341 e. The van der Waals surface area contributed by atoms with Gasteiger partial charge in [-0.3, -0.25) is 9.69 Å². The van der Waals surface area contributed by atoms with Gasteiger partial charge in [0.25, 0.3) is 5.91 Å². The molecular formula is C22H24ClFN2O4. The van der Waals surface area contributed by atoms with Crippen LogP contribution in [0.3, 0.4) is 0 Å². The number of ether oxygens (including phenoxy) is 2. The van der Waals surface area contributed by atoms with Crippen molar-refractivity contribution in [1.82, 2.24) is 9.80 Å². The molecule has 0 spiro atoms. The second-order valence-electron chi connectivity index (χ2n) is 7.21. The van der Waals surface area contributed by atoms with E-state index in [9.17, 15) is 14.0 Å². The number of carbonyl (C=O) groups excluding carboxylic acids is 2. The lowest BCUT2D eigenvalue weighted by Crippen LogP contribution is -2.54. The highest BCUT2D eigenvalue weighted by Gasteiger charge is 2.27. The van der Waals surface area contributed by atoms with Crippen LogP contribution in [0.1, 0.15) is 22.8 Å². The molecule has 0 aromatic heterocycles. The van der Waals surface area contributed by atoms with Gasteiger partial charge in [-0.1, -0.05) is 23.7 Å². The number of benzene rings is 2. The van der Waals surface area contributed by atoms with Crippen LogP contribution in [0, 0.1) is 5.82 Å². The molecule has 1 aliphatic rings. The van der Waals surface area contributed by atoms with E-state index in [0.717, 1.165) is 5.56 Å². The maximum atomic E-state index is 13.1. The van der Waals surface area contributed by atoms with Crippen LogP contribution in [0.2, 0.25) is 5.02 Å². The Hall–Kier alpha value is -2.64. The molecule has 0 bridgehead atoms. The van der Waals surface area contributed by atoms with Crippen molar-refractivity contribution in [2.75, 3.05) is 33.4 Å². The molecule has 0 saturated carbocycles. The summed E-state index contributed by atoms with van der Waals surface area (Å²) in [6.07, 6.45) is 0. The molecule has 30 heavy (non-hydrogen) atoms. The summed E-state index contributed by atoms with van der Waals surface area (Å²) in [7, 11) is 1.27. The quantitative estimate of drug-likeness (QED) is 0.652. The predicted octanol–water partition coefficient (Wildman–Crippen LogP) is 3.38. The van der Waals surface area contributed by atoms with Crippen molar-refractivity contribution in [3.63, 3.8) is 0 Å². The zero-order valence-corrected chi connectivity index (χ0v) is 17.7. The maximum Gasteiger partial charge on any atom is 0.341 e. The van der Waals surface area contributed by atoms with Gasteiger partial charge in [-0.2, -0.15) is 0 Å². The van der Waals surface area contributed by atoms with Crippen molar-refractivity contribution >= 4 is 23.5 Å². The third-order valence-corrected chi connectivity index (χ3v) is 5.35. The van der Waals surface area contributed by atoms with Gasteiger partial charge in [-0.05, 0) is 42.8 Å². The highest BCUT2D eigenvalue weighted by Crippen LogP contribution is 2.24. The molecule has 1 aliphatic heterocycles. The summed E-state index contributed by atoms with van der Waals surface area (Å²) in [5.41, 5.74) is 1.21. The third kappa shape index (κ3) is 5.49. The van der Waals surface area contributed by atoms with Crippen LogP contribution in [-0.4, -0.2) is 61.1 Å². The van der Waals surface area contributed by atoms with Crippen molar-refractivity contribution in [3.05, 3.63) is 64.4 Å². The first-order chi connectivity index (χ1) is 14.4. The number of halogens is 2. The van der Waals surface area contributed by atoms with Gasteiger partial charge in [0.05, 0.1) is 7.11 Å². The van der Waals surface area contributed by atoms with Gasteiger partial charge in [-0.25, -0.2) is 9.18 Å². The van der Waals surface area contributed by atoms with Crippen LogP contribution in [0.15, 0.2) is 42.5 Å². The first kappa shape index (κ1) is 22.1. The number of rotatable bonds is 6. The molecule has 1 unspecified atom stereocenters. The van der Waals surface area contributed by atoms with Gasteiger partial charge in [-0.15, -0.1) is 0 Å². The largest absolute Gasteiger partial charge is 0.483 e. The van der Waals surface area contributed by atoms with E-state index in [0.29, 0.717) is 31.2 Å². The number of methoxy groups -OCH3 is 1. The van der Waals surface area contributed by atoms with Crippen LogP contribution in [-0.2, 0) is 16.1 Å². The van der Waals surface area contributed by atoms with Crippen molar-refractivity contribution in [2.24, 2.45) is 0 Å². The fraction of sp³-hybridized carbons (Fsp3) is 0.364. The molecule has 0 N–H and O–H groups in total. The van der Waals surface area contributed by atoms with Crippen LogP contribution >= 0.6 is 11.6 Å². The molecule has 1 saturated heterocycles. The summed E-state index contributed by atoms with van der Waals surface area (Å²) in [5, 5.41) is 0.375. The lowest BCUT2D eigenvalue weighted by Gasteiger charge is -2.39. The molecule has 1 heterocycles. The molecule has 1 amide bonds. The average molecular weight is 435 g/mol. The maximum absolute atomic E-state index is 13.1. The number of hydrogen-bond acceptors (Lipinski definition) is 5. The Labute approximate surface area is 180 Å². The lowest BCUT2D eigenvalue weighted by atomic mass is 10.1. The third-order valence-electron chi connectivity index (χ3n) is 5.11. The molecule has 0 radical (unpaired) electrons. The monoisotopic (exact) mass is 434 g/mol. The number of hydrogen-bond donors (Lipinski definition) is 0. The Morgan fingerprint density at radius 1 is 1.17 bits per heavy atom. The SMILES string of the molecule is COC(=O)c1cc(Cl)ccc1OCC(=O)N1CCN(Cc2ccc(F)cc2)C(C)C1. The van der Waals surface area contributed by atoms with E-state index >= 15 is 0 Å². The second kappa shape index (κ2) is 9.91. The van der Waals surface area contributed by atoms with E-state index in [1.807, 2.05) is 0 Å². The van der Waals surface area contributed by atoms with Gasteiger partial charge >= 0.3 is 5.97 Å². The second-order valence-corrected chi connectivity index (χ2v) is 7.64. The van der Waals surface area contributed by atoms with Crippen molar-refractivity contribution in [2.45, 2.75) is 19.5 Å². The van der Waals surface area contributed by atoms with Crippen molar-refractivity contribution in [3.8, 4) is 5.75 Å². The van der Waals surface area contributed by atoms with Crippen LogP contribution < -0.4 is 4.74 Å². The molecule has 3 rings (SSSR count). The molecule has 0 aliphatic carbocycles. The predicted molar refractivity (Wildman–Crippen MR) is 111 cm³/mol. The van der Waals surface area contributed by atoms with Crippen LogP contribution in [0.4, 0.5) is 4.39 Å². The minimum Gasteiger partial charge on any atom is -0.483 e. The summed E-state index contributed by atoms with van der Waals surface area (Å²) in [5.74, 6) is -0.738. The Balaban J connectivity index is 1.55. The minimum atomic E-state index is -0.581. The molecule has 1 fully saturated rings. The van der Waals surface area contributed by atoms with E-state index in [-0.39, 0.29) is 35.7 Å². The molecule has 6 nitrogen and oxygen atoms in total. The van der Waals surface area contributed by atoms with E-state index in [4.69, 9.17) is 21.1 Å². The van der Waals surface area contributed by atoms with Crippen LogP contribution in [0.25, 0.3) is 0 Å². The topological polar surface area (TPSA) is 59.1 Å². The van der Waals surface area contributed by atoms with Gasteiger partial charge in [0.2, 0.25) is 0 Å². The average Bonchev–Trinajstić information content (AvgIpc) is 2.74. The first-order valence-electron chi connectivity index (χ1n) is 9.64. The van der Waals surface area contributed by atoms with Crippen LogP contribution in [0.5, 0.6) is 5.75 Å². The summed E-state index contributed by atoms with van der Waals surface area (Å²) in [6.45, 7) is 4.41. The normalized spacial score (nSPS) is 16.9. The number of esters is 1. The Kier molecular flexibility index (Phi) is 7.29. The summed E-state index contributed by atoms with van der Waals surface area (Å²) < 4.78 is 23.4. The number of nitrogens with zero attached hydrogens (tertiary/aromatic N) is 2. The lowest BCUT2D eigenvalue weighted by molar-refractivity contribution is -0.136. The van der Waals surface area contributed by atoms with Crippen molar-refractivity contribution < 1.29 is 23.5 Å². The minimum absolute atomic E-state index is 0.147. The van der Waals surface area contributed by atoms with E-state index in [2.05, 4.69) is 11.8 Å². The molecule has 160 valence electrons. The van der Waals surface area contributed by atoms with Gasteiger partial charge in [0.1, 0.15) is 17.1 Å². The van der Waals surface area contributed by atoms with E-state index < -0.39 is 5.97 Å². The van der Waals surface area contributed by atoms with Gasteiger partial charge in [0, 0.05) is 37.2 Å². The molecule has 2 aromatic carbocycles. The van der Waals surface area contributed by atoms with Gasteiger partial charge in [0.15, 0.2) is 6.61 Å². The fourth-order valence-electron chi connectivity index (χ4n) is 3.41. The molecular weight excluding hydrogens is 411 g/mol. The Morgan fingerprint density at radius 2 is 1.90 bits per heavy atom. The Bertz CT molecular complexity index is 907. The van der Waals surface area contributed by atoms with Crippen molar-refractivity contribution in [1.29, 1.82) is 0 Å². The first-order valence-corrected chi connectivity index (χ1v) is 10.0. The fourth-order valence-corrected chi connectivity index (χ4v) is 3.58. The summed E-state index contributed by atoms with van der Waals surface area (Å²) in [4.78, 5) is 28.5. The number of piperazine rings is 1. The zero-order valence-electron chi connectivity index (χ0n) is 16.9. The highest BCUT2D eigenvalue weighted by molar-refractivity contribution is 6.31. The Morgan fingerprint density at radius 3 is 2.57 bits per heavy atom. The summed E-state index contributed by atoms with van der Waals surface area (Å²) >= 11 is 5.94. The molecule has 8 heteroatoms. The number of carbonyl (C=O) groups is 2. The van der Waals surface area contributed by atoms with Gasteiger partial charge < -0.3 is 14.4 Å². The molecule has 1 atom stereocenters. The zero-order chi connectivity index (χ0) is 21.7. The summed E-state index contributed by atoms with van der Waals surface area (Å²) in [6, 6.07) is 11.2. The standard InChI is InChI=1S/C22H24ClFN2O4/c1-15-12-26(10-9-25(15)13-16-3-6-18(24)7-4-16)21(27)14-30-20-8-5-17(23)11-19(20)22(28)29-2/h3-8,11,15H,9-10,12-14H2,1-2H3. The van der Waals surface area contributed by atoms with E-state index in [1.165, 1.54) is 25.3 Å². The number of amides is 1. The van der Waals surface area contributed by atoms with E-state index in [1.54, 1.807) is 29.2 Å². The highest BCUT2D eigenvalue weighted by atomic mass is 35.5. The molecule has 2 aromatic rings.